The summed E-state index contributed by atoms with van der Waals surface area (Å²) in [6.45, 7) is 4.03. The van der Waals surface area contributed by atoms with Crippen LogP contribution >= 0.6 is 0 Å². The Morgan fingerprint density at radius 2 is 2.25 bits per heavy atom. The van der Waals surface area contributed by atoms with Crippen molar-refractivity contribution in [1.29, 1.82) is 0 Å². The molecular formula is C15H22O. The fourth-order valence-corrected chi connectivity index (χ4v) is 4.05. The summed E-state index contributed by atoms with van der Waals surface area (Å²) in [6, 6.07) is 0. The number of hydrogen-bond donors (Lipinski definition) is 1. The van der Waals surface area contributed by atoms with E-state index in [0.29, 0.717) is 5.92 Å². The second-order valence-electron chi connectivity index (χ2n) is 6.05. The quantitative estimate of drug-likeness (QED) is 0.706. The first kappa shape index (κ1) is 10.6. The number of rotatable bonds is 2. The highest BCUT2D eigenvalue weighted by Gasteiger charge is 2.49. The summed E-state index contributed by atoms with van der Waals surface area (Å²) in [5.74, 6) is 3.88. The van der Waals surface area contributed by atoms with E-state index in [1.54, 1.807) is 5.57 Å². The van der Waals surface area contributed by atoms with Gasteiger partial charge >= 0.3 is 0 Å². The van der Waals surface area contributed by atoms with Gasteiger partial charge in [0.25, 0.3) is 0 Å². The summed E-state index contributed by atoms with van der Waals surface area (Å²) in [5, 5.41) is 9.58. The normalized spacial score (nSPS) is 46.3. The Kier molecular flexibility index (Phi) is 2.47. The van der Waals surface area contributed by atoms with Crippen molar-refractivity contribution in [3.05, 3.63) is 23.8 Å². The van der Waals surface area contributed by atoms with Crippen LogP contribution in [0, 0.1) is 29.6 Å². The van der Waals surface area contributed by atoms with Gasteiger partial charge in [-0.1, -0.05) is 30.7 Å². The largest absolute Gasteiger partial charge is 0.393 e. The molecule has 0 unspecified atom stereocenters. The number of allylic oxidation sites excluding steroid dienone is 3. The summed E-state index contributed by atoms with van der Waals surface area (Å²) in [5.41, 5.74) is 1.64. The zero-order valence-corrected chi connectivity index (χ0v) is 10.3. The minimum absolute atomic E-state index is 0.207. The van der Waals surface area contributed by atoms with Gasteiger partial charge in [0.2, 0.25) is 0 Å². The van der Waals surface area contributed by atoms with E-state index in [0.717, 1.165) is 23.7 Å². The van der Waals surface area contributed by atoms with E-state index in [4.69, 9.17) is 0 Å². The van der Waals surface area contributed by atoms with Crippen LogP contribution in [0.5, 0.6) is 0 Å². The van der Waals surface area contributed by atoms with E-state index in [-0.39, 0.29) is 6.10 Å². The Balaban J connectivity index is 1.79. The van der Waals surface area contributed by atoms with Crippen LogP contribution in [-0.4, -0.2) is 11.2 Å². The highest BCUT2D eigenvalue weighted by atomic mass is 16.3. The second kappa shape index (κ2) is 3.73. The lowest BCUT2D eigenvalue weighted by atomic mass is 9.78. The molecule has 88 valence electrons. The molecule has 2 saturated carbocycles. The standard InChI is InChI=1S/C15H22O/c1-9(10(2)16)6-11-7-12-8-15(11)14-5-3-4-13(12)14/h3,5-6,9-10,12-16H,4,7-8H2,1-2H3/b11-6-/t9-,10+,12+,13-,14-,15+/m1/s1. The highest BCUT2D eigenvalue weighted by Crippen LogP contribution is 2.58. The van der Waals surface area contributed by atoms with Gasteiger partial charge in [0, 0.05) is 0 Å². The molecule has 1 nitrogen and oxygen atoms in total. The highest BCUT2D eigenvalue weighted by molar-refractivity contribution is 5.27. The van der Waals surface area contributed by atoms with Crippen molar-refractivity contribution in [2.45, 2.75) is 39.2 Å². The molecule has 3 rings (SSSR count). The van der Waals surface area contributed by atoms with Gasteiger partial charge in [-0.25, -0.2) is 0 Å². The molecule has 3 aliphatic rings. The Labute approximate surface area is 98.2 Å². The molecule has 0 spiro atoms. The topological polar surface area (TPSA) is 20.2 Å². The lowest BCUT2D eigenvalue weighted by Crippen LogP contribution is -2.20. The van der Waals surface area contributed by atoms with Gasteiger partial charge in [0.15, 0.2) is 0 Å². The van der Waals surface area contributed by atoms with Crippen LogP contribution in [0.25, 0.3) is 0 Å². The second-order valence-corrected chi connectivity index (χ2v) is 6.05. The van der Waals surface area contributed by atoms with Gasteiger partial charge in [-0.3, -0.25) is 0 Å². The van der Waals surface area contributed by atoms with E-state index in [1.807, 2.05) is 6.92 Å². The number of aliphatic hydroxyl groups excluding tert-OH is 1. The Hall–Kier alpha value is -0.560. The molecule has 16 heavy (non-hydrogen) atoms. The molecule has 0 radical (unpaired) electrons. The van der Waals surface area contributed by atoms with Crippen LogP contribution in [0.1, 0.15) is 33.1 Å². The minimum Gasteiger partial charge on any atom is -0.393 e. The van der Waals surface area contributed by atoms with Gasteiger partial charge in [0.1, 0.15) is 0 Å². The van der Waals surface area contributed by atoms with Crippen LogP contribution in [0.3, 0.4) is 0 Å². The van der Waals surface area contributed by atoms with Gasteiger partial charge in [0.05, 0.1) is 6.10 Å². The molecule has 1 N–H and O–H groups in total. The number of fused-ring (bicyclic) bond motifs is 5. The Morgan fingerprint density at radius 1 is 1.44 bits per heavy atom. The number of aliphatic hydroxyl groups is 1. The lowest BCUT2D eigenvalue weighted by Gasteiger charge is -2.27. The molecule has 0 aliphatic heterocycles. The van der Waals surface area contributed by atoms with E-state index in [1.165, 1.54) is 19.3 Å². The summed E-state index contributed by atoms with van der Waals surface area (Å²) in [4.78, 5) is 0. The van der Waals surface area contributed by atoms with E-state index in [2.05, 4.69) is 25.2 Å². The van der Waals surface area contributed by atoms with Crippen molar-refractivity contribution in [3.63, 3.8) is 0 Å². The van der Waals surface area contributed by atoms with Crippen molar-refractivity contribution in [3.8, 4) is 0 Å². The molecule has 0 aromatic carbocycles. The molecule has 0 aromatic heterocycles. The van der Waals surface area contributed by atoms with Crippen LogP contribution in [0.15, 0.2) is 23.8 Å². The van der Waals surface area contributed by atoms with Gasteiger partial charge < -0.3 is 5.11 Å². The molecule has 3 aliphatic carbocycles. The molecule has 2 bridgehead atoms. The summed E-state index contributed by atoms with van der Waals surface area (Å²) >= 11 is 0. The van der Waals surface area contributed by atoms with Gasteiger partial charge in [-0.05, 0) is 55.8 Å². The third-order valence-electron chi connectivity index (χ3n) is 5.10. The third kappa shape index (κ3) is 1.48. The third-order valence-corrected chi connectivity index (χ3v) is 5.10. The maximum absolute atomic E-state index is 9.58. The first-order valence-corrected chi connectivity index (χ1v) is 6.72. The summed E-state index contributed by atoms with van der Waals surface area (Å²) < 4.78 is 0. The fourth-order valence-electron chi connectivity index (χ4n) is 4.05. The maximum Gasteiger partial charge on any atom is 0.0572 e. The average Bonchev–Trinajstić information content (AvgIpc) is 2.87. The van der Waals surface area contributed by atoms with Gasteiger partial charge in [-0.15, -0.1) is 0 Å². The summed E-state index contributed by atoms with van der Waals surface area (Å²) in [7, 11) is 0. The first-order chi connectivity index (χ1) is 7.66. The molecule has 0 aromatic rings. The molecule has 0 amide bonds. The smallest absolute Gasteiger partial charge is 0.0572 e. The molecular weight excluding hydrogens is 196 g/mol. The first-order valence-electron chi connectivity index (χ1n) is 6.72. The SMILES string of the molecule is C[C@H](O)[C@H](C)/C=C1/C[C@H]2C[C@@H]1[C@@H]1C=CC[C@H]21. The zero-order valence-electron chi connectivity index (χ0n) is 10.3. The predicted octanol–water partition coefficient (Wildman–Crippen LogP) is 3.16. The Bertz CT molecular complexity index is 339. The zero-order chi connectivity index (χ0) is 11.3. The van der Waals surface area contributed by atoms with E-state index >= 15 is 0 Å². The van der Waals surface area contributed by atoms with Crippen molar-refractivity contribution in [2.75, 3.05) is 0 Å². The van der Waals surface area contributed by atoms with Crippen molar-refractivity contribution in [2.24, 2.45) is 29.6 Å². The predicted molar refractivity (Wildman–Crippen MR) is 65.9 cm³/mol. The van der Waals surface area contributed by atoms with Crippen molar-refractivity contribution < 1.29 is 5.11 Å². The van der Waals surface area contributed by atoms with Gasteiger partial charge in [-0.2, -0.15) is 0 Å². The Morgan fingerprint density at radius 3 is 3.00 bits per heavy atom. The van der Waals surface area contributed by atoms with E-state index in [9.17, 15) is 5.11 Å². The molecule has 0 heterocycles. The molecule has 2 fully saturated rings. The summed E-state index contributed by atoms with van der Waals surface area (Å²) in [6.07, 6.45) is 11.0. The van der Waals surface area contributed by atoms with Crippen LogP contribution in [0.4, 0.5) is 0 Å². The maximum atomic E-state index is 9.58. The van der Waals surface area contributed by atoms with Crippen LogP contribution in [-0.2, 0) is 0 Å². The van der Waals surface area contributed by atoms with Crippen LogP contribution < -0.4 is 0 Å². The van der Waals surface area contributed by atoms with E-state index < -0.39 is 0 Å². The van der Waals surface area contributed by atoms with Crippen molar-refractivity contribution >= 4 is 0 Å². The average molecular weight is 218 g/mol. The monoisotopic (exact) mass is 218 g/mol. The minimum atomic E-state index is -0.207. The lowest BCUT2D eigenvalue weighted by molar-refractivity contribution is 0.156. The van der Waals surface area contributed by atoms with Crippen molar-refractivity contribution in [1.82, 2.24) is 0 Å². The van der Waals surface area contributed by atoms with Crippen LogP contribution in [0.2, 0.25) is 0 Å². The fraction of sp³-hybridized carbons (Fsp3) is 0.733. The number of hydrogen-bond acceptors (Lipinski definition) is 1. The molecule has 1 heteroatoms. The molecule has 0 saturated heterocycles. The molecule has 6 atom stereocenters.